The molecule has 0 amide bonds. The normalized spacial score (nSPS) is 19.7. The van der Waals surface area contributed by atoms with Gasteiger partial charge in [-0.05, 0) is 80.5 Å². The fraction of sp³-hybridized carbons (Fsp3) is 0.238. The lowest BCUT2D eigenvalue weighted by Crippen LogP contribution is -2.29. The van der Waals surface area contributed by atoms with Crippen molar-refractivity contribution in [2.75, 3.05) is 4.90 Å². The van der Waals surface area contributed by atoms with Crippen LogP contribution in [0.25, 0.3) is 0 Å². The highest BCUT2D eigenvalue weighted by Crippen LogP contribution is 2.42. The molecule has 1 N–H and O–H groups in total. The fourth-order valence-electron chi connectivity index (χ4n) is 3.41. The van der Waals surface area contributed by atoms with Gasteiger partial charge in [-0.3, -0.25) is 4.98 Å². The highest BCUT2D eigenvalue weighted by molar-refractivity contribution is 7.80. The number of benzene rings is 1. The number of hydrogen-bond acceptors (Lipinski definition) is 3. The third-order valence-corrected chi connectivity index (χ3v) is 5.23. The Balaban J connectivity index is 1.83. The van der Waals surface area contributed by atoms with Crippen molar-refractivity contribution in [1.29, 1.82) is 0 Å². The molecule has 26 heavy (non-hydrogen) atoms. The van der Waals surface area contributed by atoms with E-state index < -0.39 is 0 Å². The van der Waals surface area contributed by atoms with Crippen LogP contribution in [-0.4, -0.2) is 10.1 Å². The summed E-state index contributed by atoms with van der Waals surface area (Å²) in [7, 11) is 0. The second kappa shape index (κ2) is 6.57. The summed E-state index contributed by atoms with van der Waals surface area (Å²) in [5.41, 5.74) is 4.50. The van der Waals surface area contributed by atoms with Crippen molar-refractivity contribution in [2.45, 2.75) is 32.9 Å². The maximum absolute atomic E-state index is 6.00. The minimum absolute atomic E-state index is 0.0733. The number of aromatic nitrogens is 1. The second-order valence-corrected chi connectivity index (χ2v) is 7.10. The van der Waals surface area contributed by atoms with E-state index in [4.69, 9.17) is 16.6 Å². The number of nitrogens with zero attached hydrogens (tertiary/aromatic N) is 2. The van der Waals surface area contributed by atoms with Crippen LogP contribution in [0.5, 0.6) is 0 Å². The van der Waals surface area contributed by atoms with Crippen LogP contribution in [0.1, 0.15) is 40.4 Å². The number of thiocarbonyl (C=S) groups is 1. The lowest BCUT2D eigenvalue weighted by Gasteiger charge is -2.26. The summed E-state index contributed by atoms with van der Waals surface area (Å²) in [5.74, 6) is 1.77. The highest BCUT2D eigenvalue weighted by atomic mass is 32.1. The van der Waals surface area contributed by atoms with E-state index in [0.29, 0.717) is 5.11 Å². The van der Waals surface area contributed by atoms with Gasteiger partial charge in [0.1, 0.15) is 17.6 Å². The van der Waals surface area contributed by atoms with Crippen LogP contribution in [0, 0.1) is 20.8 Å². The Morgan fingerprint density at radius 3 is 2.54 bits per heavy atom. The minimum atomic E-state index is -0.0896. The first-order valence-electron chi connectivity index (χ1n) is 8.69. The number of pyridine rings is 1. The van der Waals surface area contributed by atoms with Crippen molar-refractivity contribution in [2.24, 2.45) is 0 Å². The molecule has 2 atom stereocenters. The number of nitrogens with one attached hydrogen (secondary N) is 1. The molecule has 132 valence electrons. The summed E-state index contributed by atoms with van der Waals surface area (Å²) in [4.78, 5) is 6.69. The third kappa shape index (κ3) is 2.88. The van der Waals surface area contributed by atoms with Gasteiger partial charge in [-0.25, -0.2) is 0 Å². The van der Waals surface area contributed by atoms with Crippen molar-refractivity contribution < 1.29 is 4.42 Å². The first-order chi connectivity index (χ1) is 12.5. The van der Waals surface area contributed by atoms with Crippen molar-refractivity contribution in [3.63, 3.8) is 0 Å². The van der Waals surface area contributed by atoms with E-state index >= 15 is 0 Å². The van der Waals surface area contributed by atoms with Gasteiger partial charge in [0.2, 0.25) is 0 Å². The average Bonchev–Trinajstić information content (AvgIpc) is 3.21. The SMILES string of the molecule is Cc1ccc([C@@H]2[C@@H](c3ccccn3)NC(=S)N2c2ccc(C)c(C)c2)o1. The topological polar surface area (TPSA) is 41.3 Å². The minimum Gasteiger partial charge on any atom is -0.464 e. The molecule has 1 aliphatic heterocycles. The van der Waals surface area contributed by atoms with Gasteiger partial charge in [0.05, 0.1) is 11.7 Å². The molecule has 0 saturated carbocycles. The Bertz CT molecular complexity index is 951. The van der Waals surface area contributed by atoms with Gasteiger partial charge in [0.15, 0.2) is 5.11 Å². The first-order valence-corrected chi connectivity index (χ1v) is 9.09. The molecule has 3 heterocycles. The number of aryl methyl sites for hydroxylation is 3. The molecule has 1 saturated heterocycles. The van der Waals surface area contributed by atoms with Gasteiger partial charge >= 0.3 is 0 Å². The van der Waals surface area contributed by atoms with E-state index in [1.807, 2.05) is 43.5 Å². The number of anilines is 1. The zero-order valence-corrected chi connectivity index (χ0v) is 15.9. The molecule has 4 nitrogen and oxygen atoms in total. The van der Waals surface area contributed by atoms with Crippen LogP contribution < -0.4 is 10.2 Å². The largest absolute Gasteiger partial charge is 0.464 e. The molecule has 1 aromatic carbocycles. The summed E-state index contributed by atoms with van der Waals surface area (Å²) >= 11 is 5.70. The molecular formula is C21H21N3OS. The molecule has 5 heteroatoms. The summed E-state index contributed by atoms with van der Waals surface area (Å²) in [6.45, 7) is 6.19. The van der Waals surface area contributed by atoms with E-state index in [0.717, 1.165) is 22.9 Å². The first kappa shape index (κ1) is 16.8. The van der Waals surface area contributed by atoms with Gasteiger partial charge in [-0.2, -0.15) is 0 Å². The third-order valence-electron chi connectivity index (χ3n) is 4.92. The average molecular weight is 363 g/mol. The molecule has 3 aromatic rings. The van der Waals surface area contributed by atoms with E-state index in [1.54, 1.807) is 0 Å². The van der Waals surface area contributed by atoms with E-state index in [2.05, 4.69) is 47.2 Å². The predicted molar refractivity (Wildman–Crippen MR) is 107 cm³/mol. The van der Waals surface area contributed by atoms with Crippen LogP contribution in [-0.2, 0) is 0 Å². The molecule has 2 aromatic heterocycles. The van der Waals surface area contributed by atoms with Crippen LogP contribution in [0.15, 0.2) is 59.1 Å². The highest BCUT2D eigenvalue weighted by Gasteiger charge is 2.42. The van der Waals surface area contributed by atoms with Crippen LogP contribution in [0.3, 0.4) is 0 Å². The molecule has 0 radical (unpaired) electrons. The van der Waals surface area contributed by atoms with Crippen molar-refractivity contribution in [3.05, 3.63) is 83.1 Å². The van der Waals surface area contributed by atoms with Gasteiger partial charge < -0.3 is 14.6 Å². The van der Waals surface area contributed by atoms with Gasteiger partial charge in [-0.1, -0.05) is 12.1 Å². The molecule has 0 aliphatic carbocycles. The fourth-order valence-corrected chi connectivity index (χ4v) is 3.76. The predicted octanol–water partition coefficient (Wildman–Crippen LogP) is 4.78. The van der Waals surface area contributed by atoms with Gasteiger partial charge in [-0.15, -0.1) is 0 Å². The Morgan fingerprint density at radius 2 is 1.88 bits per heavy atom. The van der Waals surface area contributed by atoms with E-state index in [-0.39, 0.29) is 12.1 Å². The standard InChI is InChI=1S/C21H21N3OS/c1-13-7-9-16(12-14(13)2)24-20(18-10-8-15(3)25-18)19(23-21(24)26)17-6-4-5-11-22-17/h4-12,19-20H,1-3H3,(H,23,26)/t19-,20-/m1/s1. The van der Waals surface area contributed by atoms with Gasteiger partial charge in [0, 0.05) is 11.9 Å². The monoisotopic (exact) mass is 363 g/mol. The molecule has 0 spiro atoms. The van der Waals surface area contributed by atoms with Crippen LogP contribution >= 0.6 is 12.2 Å². The van der Waals surface area contributed by atoms with Crippen molar-refractivity contribution in [3.8, 4) is 0 Å². The smallest absolute Gasteiger partial charge is 0.174 e. The van der Waals surface area contributed by atoms with Crippen molar-refractivity contribution in [1.82, 2.24) is 10.3 Å². The van der Waals surface area contributed by atoms with E-state index in [9.17, 15) is 0 Å². The van der Waals surface area contributed by atoms with E-state index in [1.165, 1.54) is 11.1 Å². The van der Waals surface area contributed by atoms with Crippen molar-refractivity contribution >= 4 is 23.0 Å². The van der Waals surface area contributed by atoms with Crippen LogP contribution in [0.4, 0.5) is 5.69 Å². The molecular weight excluding hydrogens is 342 g/mol. The zero-order valence-electron chi connectivity index (χ0n) is 15.1. The summed E-state index contributed by atoms with van der Waals surface area (Å²) in [6, 6.07) is 16.2. The Labute approximate surface area is 158 Å². The molecule has 4 rings (SSSR count). The number of furan rings is 1. The Hall–Kier alpha value is -2.66. The Morgan fingerprint density at radius 1 is 1.04 bits per heavy atom. The second-order valence-electron chi connectivity index (χ2n) is 6.71. The maximum atomic E-state index is 6.00. The number of rotatable bonds is 3. The molecule has 1 fully saturated rings. The molecule has 1 aliphatic rings. The van der Waals surface area contributed by atoms with Gasteiger partial charge in [0.25, 0.3) is 0 Å². The summed E-state index contributed by atoms with van der Waals surface area (Å²) < 4.78 is 6.00. The quantitative estimate of drug-likeness (QED) is 0.679. The van der Waals surface area contributed by atoms with Crippen LogP contribution in [0.2, 0.25) is 0 Å². The summed E-state index contributed by atoms with van der Waals surface area (Å²) in [6.07, 6.45) is 1.81. The Kier molecular flexibility index (Phi) is 4.24. The molecule has 0 unspecified atom stereocenters. The molecule has 0 bridgehead atoms. The number of hydrogen-bond donors (Lipinski definition) is 1. The lowest BCUT2D eigenvalue weighted by atomic mass is 10.0. The maximum Gasteiger partial charge on any atom is 0.174 e. The zero-order chi connectivity index (χ0) is 18.3. The lowest BCUT2D eigenvalue weighted by molar-refractivity contribution is 0.418. The summed E-state index contributed by atoms with van der Waals surface area (Å²) in [5, 5.41) is 4.13.